The number of nitrogens with zero attached hydrogens (tertiary/aromatic N) is 5. The van der Waals surface area contributed by atoms with E-state index in [0.717, 1.165) is 36.6 Å². The minimum Gasteiger partial charge on any atom is -0.390 e. The SMILES string of the molecule is CC(C)n1cnnc1CN(C)C[C@@H]1CC(c2ccccc2)=NO1. The van der Waals surface area contributed by atoms with Gasteiger partial charge in [-0.15, -0.1) is 10.2 Å². The van der Waals surface area contributed by atoms with Crippen molar-refractivity contribution in [2.45, 2.75) is 39.0 Å². The van der Waals surface area contributed by atoms with Crippen LogP contribution in [0, 0.1) is 0 Å². The monoisotopic (exact) mass is 313 g/mol. The van der Waals surface area contributed by atoms with Crippen LogP contribution in [0.4, 0.5) is 0 Å². The smallest absolute Gasteiger partial charge is 0.147 e. The molecule has 0 saturated carbocycles. The van der Waals surface area contributed by atoms with Gasteiger partial charge in [-0.05, 0) is 26.5 Å². The van der Waals surface area contributed by atoms with Gasteiger partial charge in [0.05, 0.1) is 12.3 Å². The van der Waals surface area contributed by atoms with Crippen molar-refractivity contribution in [2.24, 2.45) is 5.16 Å². The molecule has 0 fully saturated rings. The molecular weight excluding hydrogens is 290 g/mol. The fourth-order valence-corrected chi connectivity index (χ4v) is 2.79. The Morgan fingerprint density at radius 2 is 2.09 bits per heavy atom. The number of aromatic nitrogens is 3. The third-order valence-electron chi connectivity index (χ3n) is 3.97. The Labute approximate surface area is 136 Å². The molecule has 122 valence electrons. The van der Waals surface area contributed by atoms with Crippen molar-refractivity contribution in [3.8, 4) is 0 Å². The lowest BCUT2D eigenvalue weighted by Crippen LogP contribution is -2.30. The minimum absolute atomic E-state index is 0.0885. The number of oxime groups is 1. The first-order valence-corrected chi connectivity index (χ1v) is 7.98. The van der Waals surface area contributed by atoms with E-state index in [1.807, 2.05) is 18.2 Å². The maximum atomic E-state index is 5.59. The van der Waals surface area contributed by atoms with Crippen LogP contribution in [0.2, 0.25) is 0 Å². The van der Waals surface area contributed by atoms with Crippen LogP contribution in [-0.4, -0.2) is 45.1 Å². The Morgan fingerprint density at radius 3 is 2.83 bits per heavy atom. The van der Waals surface area contributed by atoms with E-state index in [1.54, 1.807) is 6.33 Å². The van der Waals surface area contributed by atoms with Gasteiger partial charge in [0, 0.05) is 19.0 Å². The largest absolute Gasteiger partial charge is 0.390 e. The van der Waals surface area contributed by atoms with Gasteiger partial charge in [0.15, 0.2) is 0 Å². The maximum absolute atomic E-state index is 5.59. The first kappa shape index (κ1) is 15.7. The van der Waals surface area contributed by atoms with Gasteiger partial charge in [0.1, 0.15) is 18.3 Å². The van der Waals surface area contributed by atoms with Gasteiger partial charge in [0.25, 0.3) is 0 Å². The van der Waals surface area contributed by atoms with Gasteiger partial charge in [-0.2, -0.15) is 0 Å². The summed E-state index contributed by atoms with van der Waals surface area (Å²) in [5.74, 6) is 0.977. The summed E-state index contributed by atoms with van der Waals surface area (Å²) in [7, 11) is 2.07. The molecule has 6 heteroatoms. The zero-order valence-corrected chi connectivity index (χ0v) is 13.9. The zero-order chi connectivity index (χ0) is 16.2. The van der Waals surface area contributed by atoms with Gasteiger partial charge in [0.2, 0.25) is 0 Å². The Bertz CT molecular complexity index is 665. The van der Waals surface area contributed by atoms with E-state index < -0.39 is 0 Å². The molecule has 0 unspecified atom stereocenters. The summed E-state index contributed by atoms with van der Waals surface area (Å²) < 4.78 is 2.10. The van der Waals surface area contributed by atoms with Crippen LogP contribution >= 0.6 is 0 Å². The first-order chi connectivity index (χ1) is 11.1. The molecule has 1 aliphatic heterocycles. The first-order valence-electron chi connectivity index (χ1n) is 7.98. The van der Waals surface area contributed by atoms with Crippen LogP contribution in [0.1, 0.15) is 37.7 Å². The lowest BCUT2D eigenvalue weighted by Gasteiger charge is -2.20. The van der Waals surface area contributed by atoms with E-state index in [2.05, 4.69) is 57.8 Å². The third-order valence-corrected chi connectivity index (χ3v) is 3.97. The maximum Gasteiger partial charge on any atom is 0.147 e. The molecule has 1 aromatic heterocycles. The number of rotatable bonds is 6. The molecule has 0 N–H and O–H groups in total. The zero-order valence-electron chi connectivity index (χ0n) is 13.9. The highest BCUT2D eigenvalue weighted by Gasteiger charge is 2.24. The summed E-state index contributed by atoms with van der Waals surface area (Å²) in [5.41, 5.74) is 2.16. The standard InChI is InChI=1S/C17H23N5O/c1-13(2)22-12-18-19-17(22)11-21(3)10-15-9-16(20-23-15)14-7-5-4-6-8-14/h4-8,12-13,15H,9-11H2,1-3H3/t15-/m0/s1. The highest BCUT2D eigenvalue weighted by atomic mass is 16.6. The van der Waals surface area contributed by atoms with Crippen LogP contribution in [0.25, 0.3) is 0 Å². The van der Waals surface area contributed by atoms with E-state index >= 15 is 0 Å². The molecule has 0 saturated heterocycles. The highest BCUT2D eigenvalue weighted by Crippen LogP contribution is 2.18. The Kier molecular flexibility index (Phi) is 4.71. The van der Waals surface area contributed by atoms with Crippen molar-refractivity contribution >= 4 is 5.71 Å². The number of likely N-dealkylation sites (N-methyl/N-ethyl adjacent to an activating group) is 1. The Hall–Kier alpha value is -2.21. The van der Waals surface area contributed by atoms with Gasteiger partial charge in [-0.1, -0.05) is 35.5 Å². The summed E-state index contributed by atoms with van der Waals surface area (Å²) in [6.07, 6.45) is 2.72. The molecule has 0 aliphatic carbocycles. The van der Waals surface area contributed by atoms with Crippen molar-refractivity contribution in [2.75, 3.05) is 13.6 Å². The summed E-state index contributed by atoms with van der Waals surface area (Å²) in [4.78, 5) is 7.80. The lowest BCUT2D eigenvalue weighted by molar-refractivity contribution is 0.0567. The number of benzene rings is 1. The molecule has 3 rings (SSSR count). The Balaban J connectivity index is 1.54. The fourth-order valence-electron chi connectivity index (χ4n) is 2.79. The van der Waals surface area contributed by atoms with Gasteiger partial charge >= 0.3 is 0 Å². The second-order valence-electron chi connectivity index (χ2n) is 6.28. The van der Waals surface area contributed by atoms with Crippen molar-refractivity contribution in [1.82, 2.24) is 19.7 Å². The predicted octanol–water partition coefficient (Wildman–Crippen LogP) is 2.48. The topological polar surface area (TPSA) is 55.5 Å². The average molecular weight is 313 g/mol. The van der Waals surface area contributed by atoms with Gasteiger partial charge in [-0.25, -0.2) is 0 Å². The molecule has 0 amide bonds. The van der Waals surface area contributed by atoms with Gasteiger partial charge < -0.3 is 9.40 Å². The molecule has 23 heavy (non-hydrogen) atoms. The molecule has 2 heterocycles. The predicted molar refractivity (Wildman–Crippen MR) is 89.2 cm³/mol. The normalized spacial score (nSPS) is 17.6. The molecule has 0 bridgehead atoms. The average Bonchev–Trinajstić information content (AvgIpc) is 3.17. The molecule has 1 aromatic carbocycles. The summed E-state index contributed by atoms with van der Waals surface area (Å²) in [6.45, 7) is 5.82. The van der Waals surface area contributed by atoms with Crippen LogP contribution < -0.4 is 0 Å². The van der Waals surface area contributed by atoms with Crippen LogP contribution in [-0.2, 0) is 11.4 Å². The summed E-state index contributed by atoms with van der Waals surface area (Å²) >= 11 is 0. The van der Waals surface area contributed by atoms with Crippen molar-refractivity contribution in [1.29, 1.82) is 0 Å². The fraction of sp³-hybridized carbons (Fsp3) is 0.471. The second kappa shape index (κ2) is 6.91. The van der Waals surface area contributed by atoms with E-state index in [4.69, 9.17) is 4.84 Å². The van der Waals surface area contributed by atoms with E-state index in [-0.39, 0.29) is 6.10 Å². The molecule has 1 aliphatic rings. The number of hydrogen-bond donors (Lipinski definition) is 0. The van der Waals surface area contributed by atoms with E-state index in [1.165, 1.54) is 0 Å². The number of hydrogen-bond acceptors (Lipinski definition) is 5. The van der Waals surface area contributed by atoms with Crippen LogP contribution in [0.15, 0.2) is 41.8 Å². The molecule has 0 spiro atoms. The highest BCUT2D eigenvalue weighted by molar-refractivity contribution is 6.01. The molecule has 1 atom stereocenters. The van der Waals surface area contributed by atoms with Crippen LogP contribution in [0.3, 0.4) is 0 Å². The van der Waals surface area contributed by atoms with Crippen molar-refractivity contribution < 1.29 is 4.84 Å². The van der Waals surface area contributed by atoms with Crippen LogP contribution in [0.5, 0.6) is 0 Å². The minimum atomic E-state index is 0.0885. The summed E-state index contributed by atoms with van der Waals surface area (Å²) in [5, 5.41) is 12.5. The van der Waals surface area contributed by atoms with Crippen molar-refractivity contribution in [3.05, 3.63) is 48.0 Å². The third kappa shape index (κ3) is 3.76. The van der Waals surface area contributed by atoms with Crippen molar-refractivity contribution in [3.63, 3.8) is 0 Å². The van der Waals surface area contributed by atoms with E-state index in [0.29, 0.717) is 6.04 Å². The Morgan fingerprint density at radius 1 is 1.30 bits per heavy atom. The molecule has 2 aromatic rings. The molecule has 0 radical (unpaired) electrons. The van der Waals surface area contributed by atoms with E-state index in [9.17, 15) is 0 Å². The summed E-state index contributed by atoms with van der Waals surface area (Å²) in [6, 6.07) is 10.6. The second-order valence-corrected chi connectivity index (χ2v) is 6.28. The molecule has 6 nitrogen and oxygen atoms in total. The quantitative estimate of drug-likeness (QED) is 0.822. The van der Waals surface area contributed by atoms with Gasteiger partial charge in [-0.3, -0.25) is 4.90 Å². The lowest BCUT2D eigenvalue weighted by atomic mass is 10.1. The molecular formula is C17H23N5O.